The predicted octanol–water partition coefficient (Wildman–Crippen LogP) is 1.38. The highest BCUT2D eigenvalue weighted by atomic mass is 16.5. The van der Waals surface area contributed by atoms with Crippen molar-refractivity contribution in [1.29, 1.82) is 0 Å². The fraction of sp³-hybridized carbons (Fsp3) is 0.333. The summed E-state index contributed by atoms with van der Waals surface area (Å²) in [6.07, 6.45) is -0.118. The van der Waals surface area contributed by atoms with Crippen LogP contribution in [0.4, 0.5) is 0 Å². The molecule has 3 aromatic carbocycles. The summed E-state index contributed by atoms with van der Waals surface area (Å²) in [6, 6.07) is 18.2. The van der Waals surface area contributed by atoms with Gasteiger partial charge in [0.15, 0.2) is 0 Å². The van der Waals surface area contributed by atoms with Crippen LogP contribution < -0.4 is 21.7 Å². The van der Waals surface area contributed by atoms with Crippen molar-refractivity contribution in [3.63, 3.8) is 0 Å². The van der Waals surface area contributed by atoms with Crippen LogP contribution in [0.3, 0.4) is 0 Å². The zero-order valence-corrected chi connectivity index (χ0v) is 30.5. The Hall–Kier alpha value is -6.42. The van der Waals surface area contributed by atoms with E-state index in [4.69, 9.17) is 15.6 Å². The normalized spacial score (nSPS) is 13.5. The molecule has 0 bridgehead atoms. The largest absolute Gasteiger partial charge is 0.480 e. The summed E-state index contributed by atoms with van der Waals surface area (Å²) >= 11 is 0. The molecule has 16 heteroatoms. The van der Waals surface area contributed by atoms with E-state index >= 15 is 0 Å². The van der Waals surface area contributed by atoms with Crippen molar-refractivity contribution in [2.75, 3.05) is 20.1 Å². The topological polar surface area (TPSA) is 235 Å². The molecule has 1 aliphatic heterocycles. The second-order valence-corrected chi connectivity index (χ2v) is 12.8. The van der Waals surface area contributed by atoms with Gasteiger partial charge in [-0.15, -0.1) is 0 Å². The quantitative estimate of drug-likeness (QED) is 0.0866. The summed E-state index contributed by atoms with van der Waals surface area (Å²) in [5, 5.41) is 16.7. The lowest BCUT2D eigenvalue weighted by molar-refractivity contribution is -0.146. The Labute approximate surface area is 317 Å². The summed E-state index contributed by atoms with van der Waals surface area (Å²) < 4.78 is 5.19. The van der Waals surface area contributed by atoms with Gasteiger partial charge in [-0.2, -0.15) is 0 Å². The van der Waals surface area contributed by atoms with E-state index in [-0.39, 0.29) is 62.1 Å². The molecule has 55 heavy (non-hydrogen) atoms. The number of nitrogens with one attached hydrogen (secondary N) is 3. The van der Waals surface area contributed by atoms with Gasteiger partial charge < -0.3 is 36.4 Å². The van der Waals surface area contributed by atoms with Gasteiger partial charge >= 0.3 is 11.9 Å². The molecule has 0 aromatic heterocycles. The molecule has 3 aromatic rings. The fourth-order valence-corrected chi connectivity index (χ4v) is 5.86. The molecular formula is C39H44N6O10. The third-order valence-electron chi connectivity index (χ3n) is 8.90. The molecule has 0 fully saturated rings. The minimum absolute atomic E-state index is 0.0144. The third kappa shape index (κ3) is 11.3. The maximum atomic E-state index is 13.7. The lowest BCUT2D eigenvalue weighted by Gasteiger charge is -2.31. The van der Waals surface area contributed by atoms with E-state index in [1.807, 2.05) is 18.2 Å². The van der Waals surface area contributed by atoms with Gasteiger partial charge in [0.2, 0.25) is 17.7 Å². The lowest BCUT2D eigenvalue weighted by Crippen LogP contribution is -2.54. The Morgan fingerprint density at radius 2 is 1.49 bits per heavy atom. The zero-order valence-electron chi connectivity index (χ0n) is 30.5. The molecule has 1 unspecified atom stereocenters. The van der Waals surface area contributed by atoms with Crippen LogP contribution in [0.2, 0.25) is 0 Å². The van der Waals surface area contributed by atoms with E-state index in [0.29, 0.717) is 5.56 Å². The number of rotatable bonds is 19. The Balaban J connectivity index is 1.33. The third-order valence-corrected chi connectivity index (χ3v) is 8.90. The van der Waals surface area contributed by atoms with Crippen molar-refractivity contribution < 1.29 is 48.2 Å². The number of nitrogens with zero attached hydrogens (tertiary/aromatic N) is 2. The Kier molecular flexibility index (Phi) is 14.7. The van der Waals surface area contributed by atoms with Crippen LogP contribution in [-0.2, 0) is 41.9 Å². The van der Waals surface area contributed by atoms with Crippen LogP contribution in [0.1, 0.15) is 74.8 Å². The fourth-order valence-electron chi connectivity index (χ4n) is 5.86. The number of ether oxygens (including phenoxy) is 1. The molecule has 0 spiro atoms. The second-order valence-electron chi connectivity index (χ2n) is 12.8. The van der Waals surface area contributed by atoms with Crippen molar-refractivity contribution in [2.45, 2.75) is 63.9 Å². The Morgan fingerprint density at radius 1 is 0.855 bits per heavy atom. The number of carboxylic acid groups (broad SMARTS) is 1. The van der Waals surface area contributed by atoms with Gasteiger partial charge in [-0.05, 0) is 54.7 Å². The van der Waals surface area contributed by atoms with Crippen LogP contribution in [0.5, 0.6) is 0 Å². The molecule has 0 saturated heterocycles. The number of hydrogen-bond acceptors (Lipinski definition) is 10. The molecule has 6 N–H and O–H groups in total. The number of esters is 1. The first-order chi connectivity index (χ1) is 26.3. The maximum Gasteiger partial charge on any atom is 0.322 e. The molecule has 4 rings (SSSR count). The Morgan fingerprint density at radius 3 is 2.13 bits per heavy atom. The van der Waals surface area contributed by atoms with Gasteiger partial charge in [0.05, 0.1) is 23.6 Å². The minimum atomic E-state index is -1.30. The number of nitrogens with two attached hydrogens (primary N) is 1. The predicted molar refractivity (Wildman–Crippen MR) is 197 cm³/mol. The molecule has 0 radical (unpaired) electrons. The van der Waals surface area contributed by atoms with Gasteiger partial charge in [0.25, 0.3) is 17.7 Å². The number of carbonyl (C=O) groups excluding carboxylic acids is 7. The number of aliphatic carboxylic acids is 1. The number of hydrogen-bond donors (Lipinski definition) is 5. The van der Waals surface area contributed by atoms with Crippen LogP contribution in [0.25, 0.3) is 0 Å². The number of likely N-dealkylation sites (N-methyl/N-ethyl adjacent to an activating group) is 1. The maximum absolute atomic E-state index is 13.7. The van der Waals surface area contributed by atoms with Crippen molar-refractivity contribution >= 4 is 47.4 Å². The molecule has 0 saturated carbocycles. The summed E-state index contributed by atoms with van der Waals surface area (Å²) in [5.74, 6) is -5.49. The molecule has 290 valence electrons. The van der Waals surface area contributed by atoms with E-state index in [2.05, 4.69) is 16.0 Å². The van der Waals surface area contributed by atoms with Gasteiger partial charge in [0.1, 0.15) is 25.2 Å². The monoisotopic (exact) mass is 756 g/mol. The highest BCUT2D eigenvalue weighted by molar-refractivity contribution is 6.21. The van der Waals surface area contributed by atoms with E-state index in [1.165, 1.54) is 19.2 Å². The Bertz CT molecular complexity index is 1880. The first-order valence-corrected chi connectivity index (χ1v) is 17.6. The molecule has 0 aliphatic carbocycles. The van der Waals surface area contributed by atoms with Crippen molar-refractivity contribution in [3.8, 4) is 0 Å². The zero-order chi connectivity index (χ0) is 40.1. The molecule has 1 aliphatic rings. The summed E-state index contributed by atoms with van der Waals surface area (Å²) in [7, 11) is 1.35. The number of carbonyl (C=O) groups is 8. The highest BCUT2D eigenvalue weighted by Crippen LogP contribution is 2.23. The van der Waals surface area contributed by atoms with E-state index < -0.39 is 72.1 Å². The van der Waals surface area contributed by atoms with Crippen LogP contribution >= 0.6 is 0 Å². The number of fused-ring (bicyclic) bond motifs is 1. The van der Waals surface area contributed by atoms with Crippen LogP contribution in [0.15, 0.2) is 78.9 Å². The summed E-state index contributed by atoms with van der Waals surface area (Å²) in [4.78, 5) is 104. The standard InChI is InChI=1S/C39H44N6O10/c1-3-30(39(54)44(2)31(36(51)42-22-32(46)47)17-10-18-45-37(52)27-15-7-8-16-28(27)38(45)53)43-34(49)26-14-9-13-25(19-26)21-41-35(50)29(40)20-33(48)55-23-24-11-5-4-6-12-24/h4-9,11-16,19,29-31H,3,10,17-18,20-23,40H2,1-2H3,(H,41,50)(H,42,51)(H,43,49)(H,46,47)/t29?,30-,31+/m1/s1. The number of carboxylic acids is 1. The van der Waals surface area contributed by atoms with Crippen molar-refractivity contribution in [3.05, 3.63) is 107 Å². The van der Waals surface area contributed by atoms with Gasteiger partial charge in [0, 0.05) is 25.7 Å². The van der Waals surface area contributed by atoms with Gasteiger partial charge in [-0.25, -0.2) is 0 Å². The average molecular weight is 757 g/mol. The molecule has 16 nitrogen and oxygen atoms in total. The highest BCUT2D eigenvalue weighted by Gasteiger charge is 2.36. The smallest absolute Gasteiger partial charge is 0.322 e. The van der Waals surface area contributed by atoms with Crippen molar-refractivity contribution in [2.24, 2.45) is 5.73 Å². The van der Waals surface area contributed by atoms with E-state index in [9.17, 15) is 38.4 Å². The first kappa shape index (κ1) is 41.3. The molecule has 6 amide bonds. The molecule has 3 atom stereocenters. The number of imide groups is 1. The van der Waals surface area contributed by atoms with E-state index in [0.717, 1.165) is 15.4 Å². The van der Waals surface area contributed by atoms with Crippen molar-refractivity contribution in [1.82, 2.24) is 25.8 Å². The van der Waals surface area contributed by atoms with Crippen LogP contribution in [-0.4, -0.2) is 101 Å². The van der Waals surface area contributed by atoms with E-state index in [1.54, 1.807) is 55.5 Å². The average Bonchev–Trinajstić information content (AvgIpc) is 3.43. The van der Waals surface area contributed by atoms with Gasteiger partial charge in [-0.3, -0.25) is 43.3 Å². The number of benzene rings is 3. The number of amides is 6. The van der Waals surface area contributed by atoms with Crippen LogP contribution in [0, 0.1) is 0 Å². The van der Waals surface area contributed by atoms with Gasteiger partial charge in [-0.1, -0.05) is 61.5 Å². The summed E-state index contributed by atoms with van der Waals surface area (Å²) in [5.41, 5.74) is 7.94. The minimum Gasteiger partial charge on any atom is -0.480 e. The first-order valence-electron chi connectivity index (χ1n) is 17.6. The summed E-state index contributed by atoms with van der Waals surface area (Å²) in [6.45, 7) is 0.945. The molecule has 1 heterocycles. The second kappa shape index (κ2) is 19.6. The lowest BCUT2D eigenvalue weighted by atomic mass is 10.1. The SMILES string of the molecule is CC[C@@H](NC(=O)c1cccc(CNC(=O)C(N)CC(=O)OCc2ccccc2)c1)C(=O)N(C)[C@@H](CCCN1C(=O)c2ccccc2C1=O)C(=O)NCC(=O)O. The molecular weight excluding hydrogens is 712 g/mol.